The van der Waals surface area contributed by atoms with Crippen molar-refractivity contribution >= 4 is 6.29 Å². The predicted octanol–water partition coefficient (Wildman–Crippen LogP) is 2.47. The van der Waals surface area contributed by atoms with Crippen LogP contribution in [0.25, 0.3) is 0 Å². The lowest BCUT2D eigenvalue weighted by Crippen LogP contribution is -2.39. The molecule has 1 aliphatic carbocycles. The second-order valence-corrected chi connectivity index (χ2v) is 6.76. The Labute approximate surface area is 93.0 Å². The SMILES string of the molecule is CC(C=O)N1CC2(C)CC1CC(C)(C)C2. The first kappa shape index (κ1) is 11.1. The summed E-state index contributed by atoms with van der Waals surface area (Å²) in [5, 5.41) is 0. The first-order chi connectivity index (χ1) is 6.85. The zero-order valence-corrected chi connectivity index (χ0v) is 10.4. The van der Waals surface area contributed by atoms with E-state index >= 15 is 0 Å². The van der Waals surface area contributed by atoms with Crippen molar-refractivity contribution in [3.05, 3.63) is 0 Å². The highest BCUT2D eigenvalue weighted by Gasteiger charge is 2.50. The van der Waals surface area contributed by atoms with E-state index in [4.69, 9.17) is 0 Å². The molecule has 2 heteroatoms. The fourth-order valence-electron chi connectivity index (χ4n) is 4.06. The molecule has 2 bridgehead atoms. The van der Waals surface area contributed by atoms with Crippen molar-refractivity contribution in [2.24, 2.45) is 10.8 Å². The highest BCUT2D eigenvalue weighted by Crippen LogP contribution is 2.52. The molecule has 3 unspecified atom stereocenters. The van der Waals surface area contributed by atoms with Gasteiger partial charge in [0.2, 0.25) is 0 Å². The van der Waals surface area contributed by atoms with Crippen molar-refractivity contribution in [2.45, 2.75) is 59.0 Å². The molecule has 2 aliphatic rings. The number of fused-ring (bicyclic) bond motifs is 2. The fraction of sp³-hybridized carbons (Fsp3) is 0.923. The monoisotopic (exact) mass is 209 g/mol. The maximum atomic E-state index is 10.9. The summed E-state index contributed by atoms with van der Waals surface area (Å²) < 4.78 is 0. The number of nitrogens with zero attached hydrogens (tertiary/aromatic N) is 1. The largest absolute Gasteiger partial charge is 0.302 e. The van der Waals surface area contributed by atoms with Gasteiger partial charge in [-0.3, -0.25) is 4.90 Å². The number of carbonyl (C=O) groups excluding carboxylic acids is 1. The summed E-state index contributed by atoms with van der Waals surface area (Å²) in [5.74, 6) is 0. The van der Waals surface area contributed by atoms with Crippen LogP contribution in [0.1, 0.15) is 47.0 Å². The van der Waals surface area contributed by atoms with Crippen LogP contribution < -0.4 is 0 Å². The van der Waals surface area contributed by atoms with Crippen molar-refractivity contribution in [1.29, 1.82) is 0 Å². The Bertz CT molecular complexity index is 274. The standard InChI is InChI=1S/C13H23NO/c1-10(7-15)14-9-13(4)6-11(14)5-12(2,3)8-13/h7,10-11H,5-6,8-9H2,1-4H3. The van der Waals surface area contributed by atoms with Gasteiger partial charge in [-0.15, -0.1) is 0 Å². The van der Waals surface area contributed by atoms with Crippen LogP contribution in [0.15, 0.2) is 0 Å². The van der Waals surface area contributed by atoms with E-state index in [2.05, 4.69) is 25.7 Å². The first-order valence-electron chi connectivity index (χ1n) is 6.06. The summed E-state index contributed by atoms with van der Waals surface area (Å²) in [4.78, 5) is 13.3. The zero-order chi connectivity index (χ0) is 11.3. The molecule has 0 aromatic carbocycles. The minimum absolute atomic E-state index is 0.103. The Morgan fingerprint density at radius 3 is 2.60 bits per heavy atom. The zero-order valence-electron chi connectivity index (χ0n) is 10.4. The van der Waals surface area contributed by atoms with E-state index in [1.165, 1.54) is 19.3 Å². The van der Waals surface area contributed by atoms with E-state index in [1.807, 2.05) is 6.92 Å². The molecule has 1 heterocycles. The number of rotatable bonds is 2. The molecule has 1 saturated carbocycles. The number of carbonyl (C=O) groups is 1. The molecule has 15 heavy (non-hydrogen) atoms. The summed E-state index contributed by atoms with van der Waals surface area (Å²) in [6.07, 6.45) is 4.94. The van der Waals surface area contributed by atoms with Crippen molar-refractivity contribution < 1.29 is 4.79 Å². The maximum absolute atomic E-state index is 10.9. The van der Waals surface area contributed by atoms with Crippen molar-refractivity contribution in [2.75, 3.05) is 6.54 Å². The van der Waals surface area contributed by atoms with Gasteiger partial charge < -0.3 is 4.79 Å². The van der Waals surface area contributed by atoms with Gasteiger partial charge in [0.25, 0.3) is 0 Å². The summed E-state index contributed by atoms with van der Waals surface area (Å²) in [6, 6.07) is 0.740. The molecule has 3 atom stereocenters. The lowest BCUT2D eigenvalue weighted by Gasteiger charge is -2.40. The Hall–Kier alpha value is -0.370. The van der Waals surface area contributed by atoms with Crippen LogP contribution >= 0.6 is 0 Å². The summed E-state index contributed by atoms with van der Waals surface area (Å²) in [6.45, 7) is 10.3. The third kappa shape index (κ3) is 1.96. The second-order valence-electron chi connectivity index (χ2n) is 6.76. The smallest absolute Gasteiger partial charge is 0.136 e. The lowest BCUT2D eigenvalue weighted by atomic mass is 9.65. The molecule has 0 N–H and O–H groups in total. The average molecular weight is 209 g/mol. The molecule has 0 aromatic rings. The minimum Gasteiger partial charge on any atom is -0.302 e. The summed E-state index contributed by atoms with van der Waals surface area (Å²) in [5.41, 5.74) is 0.901. The second kappa shape index (κ2) is 3.31. The van der Waals surface area contributed by atoms with E-state index in [9.17, 15) is 4.79 Å². The molecular weight excluding hydrogens is 186 g/mol. The highest BCUT2D eigenvalue weighted by molar-refractivity contribution is 5.57. The van der Waals surface area contributed by atoms with Gasteiger partial charge in [-0.1, -0.05) is 20.8 Å². The first-order valence-corrected chi connectivity index (χ1v) is 6.06. The third-order valence-corrected chi connectivity index (χ3v) is 4.18. The van der Waals surface area contributed by atoms with Crippen molar-refractivity contribution in [3.63, 3.8) is 0 Å². The maximum Gasteiger partial charge on any atom is 0.136 e. The molecule has 0 amide bonds. The highest BCUT2D eigenvalue weighted by atomic mass is 16.1. The van der Waals surface area contributed by atoms with Gasteiger partial charge in [0.1, 0.15) is 6.29 Å². The van der Waals surface area contributed by atoms with E-state index < -0.39 is 0 Å². The van der Waals surface area contributed by atoms with Gasteiger partial charge in [0.15, 0.2) is 0 Å². The molecular formula is C13H23NO. The van der Waals surface area contributed by atoms with Crippen LogP contribution in [-0.4, -0.2) is 29.8 Å². The molecule has 0 aromatic heterocycles. The predicted molar refractivity (Wildman–Crippen MR) is 61.8 cm³/mol. The van der Waals surface area contributed by atoms with Crippen molar-refractivity contribution in [1.82, 2.24) is 4.90 Å². The van der Waals surface area contributed by atoms with Gasteiger partial charge in [0, 0.05) is 12.6 Å². The molecule has 2 rings (SSSR count). The van der Waals surface area contributed by atoms with E-state index in [-0.39, 0.29) is 6.04 Å². The van der Waals surface area contributed by atoms with E-state index in [1.54, 1.807) is 0 Å². The van der Waals surface area contributed by atoms with E-state index in [0.29, 0.717) is 16.9 Å². The molecule has 0 spiro atoms. The number of aldehydes is 1. The molecule has 0 radical (unpaired) electrons. The van der Waals surface area contributed by atoms with Gasteiger partial charge in [-0.05, 0) is 37.0 Å². The van der Waals surface area contributed by atoms with Crippen LogP contribution in [0.4, 0.5) is 0 Å². The molecule has 2 fully saturated rings. The number of hydrogen-bond donors (Lipinski definition) is 0. The van der Waals surface area contributed by atoms with Crippen LogP contribution in [0.5, 0.6) is 0 Å². The van der Waals surface area contributed by atoms with Gasteiger partial charge in [-0.2, -0.15) is 0 Å². The molecule has 1 saturated heterocycles. The fourth-order valence-corrected chi connectivity index (χ4v) is 4.06. The third-order valence-electron chi connectivity index (χ3n) is 4.18. The molecule has 86 valence electrons. The normalized spacial score (nSPS) is 41.5. The minimum atomic E-state index is 0.103. The van der Waals surface area contributed by atoms with Crippen LogP contribution in [0, 0.1) is 10.8 Å². The Morgan fingerprint density at radius 2 is 2.00 bits per heavy atom. The quantitative estimate of drug-likeness (QED) is 0.651. The van der Waals surface area contributed by atoms with Gasteiger partial charge in [-0.25, -0.2) is 0 Å². The Kier molecular flexibility index (Phi) is 2.45. The van der Waals surface area contributed by atoms with E-state index in [0.717, 1.165) is 12.8 Å². The summed E-state index contributed by atoms with van der Waals surface area (Å²) in [7, 11) is 0. The Morgan fingerprint density at radius 1 is 1.33 bits per heavy atom. The van der Waals surface area contributed by atoms with Crippen LogP contribution in [0.3, 0.4) is 0 Å². The average Bonchev–Trinajstić information content (AvgIpc) is 2.33. The summed E-state index contributed by atoms with van der Waals surface area (Å²) >= 11 is 0. The number of likely N-dealkylation sites (tertiary alicyclic amines) is 1. The topological polar surface area (TPSA) is 20.3 Å². The van der Waals surface area contributed by atoms with Crippen molar-refractivity contribution in [3.8, 4) is 0 Å². The lowest BCUT2D eigenvalue weighted by molar-refractivity contribution is -0.112. The Balaban J connectivity index is 2.19. The molecule has 2 nitrogen and oxygen atoms in total. The van der Waals surface area contributed by atoms with Crippen LogP contribution in [-0.2, 0) is 4.79 Å². The molecule has 1 aliphatic heterocycles. The number of hydrogen-bond acceptors (Lipinski definition) is 2. The van der Waals surface area contributed by atoms with Crippen LogP contribution in [0.2, 0.25) is 0 Å². The van der Waals surface area contributed by atoms with Gasteiger partial charge in [0.05, 0.1) is 6.04 Å². The van der Waals surface area contributed by atoms with Gasteiger partial charge >= 0.3 is 0 Å².